The summed E-state index contributed by atoms with van der Waals surface area (Å²) in [5.74, 6) is -1.01. The molecular weight excluding hydrogens is 1070 g/mol. The lowest BCUT2D eigenvalue weighted by molar-refractivity contribution is -0.137. The molecule has 10 atom stereocenters. The van der Waals surface area contributed by atoms with E-state index < -0.39 is 82.0 Å². The van der Waals surface area contributed by atoms with E-state index in [1.54, 1.807) is 0 Å². The predicted molar refractivity (Wildman–Crippen MR) is 254 cm³/mol. The van der Waals surface area contributed by atoms with Gasteiger partial charge in [0.2, 0.25) is 5.91 Å². The largest absolute Gasteiger partial charge is 0.508 e. The molecule has 3 fully saturated rings. The molecule has 3 saturated heterocycles. The molecule has 0 saturated carbocycles. The van der Waals surface area contributed by atoms with Gasteiger partial charge in [-0.3, -0.25) is 37.5 Å². The Bertz CT molecular complexity index is 2770. The Morgan fingerprint density at radius 3 is 1.82 bits per heavy atom. The summed E-state index contributed by atoms with van der Waals surface area (Å²) >= 11 is 10.7. The Morgan fingerprint density at radius 1 is 0.743 bits per heavy atom. The molecule has 35 heteroatoms. The number of aromatic nitrogens is 8. The first-order valence-corrected chi connectivity index (χ1v) is 27.7. The summed E-state index contributed by atoms with van der Waals surface area (Å²) in [6, 6.07) is 0. The number of rotatable bonds is 21. The number of likely N-dealkylation sites (N-methyl/N-ethyl adjacent to an activating group) is 1. The summed E-state index contributed by atoms with van der Waals surface area (Å²) in [5.41, 5.74) is 12.5. The third-order valence-electron chi connectivity index (χ3n) is 11.4. The highest BCUT2D eigenvalue weighted by Gasteiger charge is 2.55. The minimum Gasteiger partial charge on any atom is -0.432 e. The van der Waals surface area contributed by atoms with Gasteiger partial charge in [0.1, 0.15) is 54.7 Å². The number of anilines is 2. The maximum absolute atomic E-state index is 16.4. The first-order chi connectivity index (χ1) is 35.5. The quantitative estimate of drug-likeness (QED) is 0.0356. The van der Waals surface area contributed by atoms with Gasteiger partial charge >= 0.3 is 19.6 Å². The number of imide groups is 1. The molecule has 6 N–H and O–H groups in total. The summed E-state index contributed by atoms with van der Waals surface area (Å²) in [5, 5.41) is 0. The van der Waals surface area contributed by atoms with Crippen molar-refractivity contribution >= 4 is 94.9 Å². The lowest BCUT2D eigenvalue weighted by Crippen LogP contribution is -2.40. The fourth-order valence-corrected chi connectivity index (χ4v) is 10.6. The van der Waals surface area contributed by atoms with Gasteiger partial charge < -0.3 is 73.1 Å². The van der Waals surface area contributed by atoms with Gasteiger partial charge in [0, 0.05) is 19.2 Å². The van der Waals surface area contributed by atoms with Gasteiger partial charge in [-0.2, -0.15) is 0 Å². The van der Waals surface area contributed by atoms with Crippen LogP contribution in [-0.4, -0.2) is 212 Å². The highest BCUT2D eigenvalue weighted by molar-refractivity contribution is 8.07. The number of fused-ring (bicyclic) bond motifs is 4. The number of nitrogen functional groups attached to an aromatic ring is 2. The van der Waals surface area contributed by atoms with Crippen molar-refractivity contribution in [3.8, 4) is 0 Å². The summed E-state index contributed by atoms with van der Waals surface area (Å²) in [4.78, 5) is 99.3. The number of nitrogens with two attached hydrogens (primary N) is 2. The third kappa shape index (κ3) is 13.5. The fourth-order valence-electron chi connectivity index (χ4n) is 7.77. The number of imidazole rings is 2. The van der Waals surface area contributed by atoms with Crippen LogP contribution in [0.1, 0.15) is 18.9 Å². The minimum atomic E-state index is -4.44. The second-order valence-corrected chi connectivity index (χ2v) is 21.8. The van der Waals surface area contributed by atoms with Crippen LogP contribution in [0.4, 0.5) is 20.8 Å². The second kappa shape index (κ2) is 24.8. The lowest BCUT2D eigenvalue weighted by atomic mass is 10.1. The zero-order valence-corrected chi connectivity index (χ0v) is 42.5. The molecule has 8 heterocycles. The zero-order chi connectivity index (χ0) is 52.6. The summed E-state index contributed by atoms with van der Waals surface area (Å²) < 4.78 is 87.3. The molecule has 4 aromatic rings. The van der Waals surface area contributed by atoms with Gasteiger partial charge in [-0.05, 0) is 23.6 Å². The number of hydrogen-bond donors (Lipinski definition) is 4. The number of alkyl halides is 1. The van der Waals surface area contributed by atoms with Gasteiger partial charge in [0.05, 0.1) is 98.2 Å². The lowest BCUT2D eigenvalue weighted by Gasteiger charge is -2.30. The van der Waals surface area contributed by atoms with E-state index in [0.29, 0.717) is 19.8 Å². The molecular formula is C39H51FN12O18P2S2. The van der Waals surface area contributed by atoms with Crippen molar-refractivity contribution in [2.45, 2.75) is 55.6 Å². The summed E-state index contributed by atoms with van der Waals surface area (Å²) in [6.45, 7) is -8.51. The van der Waals surface area contributed by atoms with Crippen molar-refractivity contribution in [2.24, 2.45) is 0 Å². The van der Waals surface area contributed by atoms with E-state index in [1.807, 2.05) is 0 Å². The van der Waals surface area contributed by atoms with Crippen molar-refractivity contribution in [1.82, 2.24) is 48.8 Å². The van der Waals surface area contributed by atoms with E-state index in [1.165, 1.54) is 45.9 Å². The van der Waals surface area contributed by atoms with Crippen LogP contribution in [0.5, 0.6) is 0 Å². The molecule has 4 aromatic heterocycles. The van der Waals surface area contributed by atoms with Crippen LogP contribution in [-0.2, 0) is 94.0 Å². The Hall–Kier alpha value is -4.93. The standard InChI is InChI=1S/C39H51FN12O18P2S2/c1-49(24(53)4-7-59-10-12-61-14-15-62-13-11-60-8-6-50-25(54)2-3-26(50)55)5-9-63-39(56)68-32-31-23(67-38(32)52-21-48-29-34(42)44-19-46-36(29)52)17-65-71(57,73)69-30-22(16-64-72(58,74)70-31)66-37(27(30)40)51-20-47-28-33(41)43-18-45-35(28)51/h2-3,18-23,27,30-32,37-38H,4-17H2,1H3,(H,57,73)(H,58,74)(H2,41,43,45)(H2,42,44,46)/t22-,23-,27-,30-,31-,32-,37-,38-,71?,72?/m1/s1. The van der Waals surface area contributed by atoms with E-state index in [0.717, 1.165) is 17.6 Å². The van der Waals surface area contributed by atoms with Crippen molar-refractivity contribution in [3.63, 3.8) is 0 Å². The molecule has 0 radical (unpaired) electrons. The molecule has 404 valence electrons. The van der Waals surface area contributed by atoms with Crippen LogP contribution in [0.15, 0.2) is 37.5 Å². The predicted octanol–water partition coefficient (Wildman–Crippen LogP) is -0.424. The smallest absolute Gasteiger partial charge is 0.432 e. The highest BCUT2D eigenvalue weighted by atomic mass is 32.5. The van der Waals surface area contributed by atoms with E-state index in [9.17, 15) is 29.0 Å². The molecule has 0 bridgehead atoms. The minimum absolute atomic E-state index is 0.00805. The number of hydrogen-bond acceptors (Lipinski definition) is 26. The highest BCUT2D eigenvalue weighted by Crippen LogP contribution is 2.55. The van der Waals surface area contributed by atoms with E-state index in [4.69, 9.17) is 91.1 Å². The van der Waals surface area contributed by atoms with Gasteiger partial charge in [0.15, 0.2) is 47.7 Å². The summed E-state index contributed by atoms with van der Waals surface area (Å²) in [7, 11) is 1.50. The first kappa shape index (κ1) is 55.3. The van der Waals surface area contributed by atoms with E-state index in [2.05, 4.69) is 29.9 Å². The van der Waals surface area contributed by atoms with E-state index >= 15 is 4.39 Å². The maximum Gasteiger partial charge on any atom is 0.508 e. The molecule has 4 aliphatic heterocycles. The topological polar surface area (TPSA) is 365 Å². The van der Waals surface area contributed by atoms with Crippen molar-refractivity contribution in [1.29, 1.82) is 0 Å². The van der Waals surface area contributed by atoms with Crippen LogP contribution < -0.4 is 11.5 Å². The van der Waals surface area contributed by atoms with E-state index in [-0.39, 0.29) is 111 Å². The Morgan fingerprint density at radius 2 is 1.24 bits per heavy atom. The third-order valence-corrected chi connectivity index (χ3v) is 14.5. The second-order valence-electron chi connectivity index (χ2n) is 16.3. The van der Waals surface area contributed by atoms with Crippen LogP contribution in [0.3, 0.4) is 0 Å². The van der Waals surface area contributed by atoms with Gasteiger partial charge in [-0.1, -0.05) is 0 Å². The Balaban J connectivity index is 0.821. The van der Waals surface area contributed by atoms with Gasteiger partial charge in [-0.15, -0.1) is 0 Å². The Kier molecular flexibility index (Phi) is 18.6. The maximum atomic E-state index is 16.4. The molecule has 4 aliphatic rings. The van der Waals surface area contributed by atoms with Crippen molar-refractivity contribution in [3.05, 3.63) is 37.5 Å². The van der Waals surface area contributed by atoms with Crippen LogP contribution in [0.25, 0.3) is 22.3 Å². The van der Waals surface area contributed by atoms with Crippen LogP contribution in [0, 0.1) is 0 Å². The first-order valence-electron chi connectivity index (χ1n) is 22.5. The van der Waals surface area contributed by atoms with Crippen molar-refractivity contribution in [2.75, 3.05) is 104 Å². The summed E-state index contributed by atoms with van der Waals surface area (Å²) in [6.07, 6.45) is -6.56. The molecule has 0 aliphatic carbocycles. The Labute approximate surface area is 429 Å². The SMILES string of the molecule is CN(CCOC(=O)O[C@@H]1[C@@H]2OP(O)(=S)OC[C@H]3O[C@@H](n4cnc5c(N)ncnc54)[C@H](F)[C@@H]3OP(O)(=S)OC[C@H]2O[C@H]1n1cnc2c(N)ncnc21)C(=O)CCOCCOCCOCCOCCN1C(=O)C=CC1=O. The molecule has 0 aromatic carbocycles. The van der Waals surface area contributed by atoms with Gasteiger partial charge in [0.25, 0.3) is 11.8 Å². The molecule has 74 heavy (non-hydrogen) atoms. The van der Waals surface area contributed by atoms with Gasteiger partial charge in [-0.25, -0.2) is 39.1 Å². The van der Waals surface area contributed by atoms with Crippen LogP contribution in [0.2, 0.25) is 0 Å². The number of carbonyl (C=O) groups is 4. The molecule has 0 spiro atoms. The molecule has 3 amide bonds. The average Bonchev–Trinajstić information content (AvgIpc) is 4.19. The fraction of sp³-hybridized carbons (Fsp3) is 0.590. The number of amides is 3. The van der Waals surface area contributed by atoms with Crippen LogP contribution >= 0.6 is 13.4 Å². The number of halogens is 1. The normalized spacial score (nSPS) is 28.3. The molecule has 2 unspecified atom stereocenters. The number of ether oxygens (including phenoxy) is 8. The zero-order valence-electron chi connectivity index (χ0n) is 39.1. The monoisotopic (exact) mass is 1120 g/mol. The number of carbonyl (C=O) groups excluding carboxylic acids is 4. The average molecular weight is 1120 g/mol. The molecule has 8 rings (SSSR count). The molecule has 30 nitrogen and oxygen atoms in total. The number of nitrogens with zero attached hydrogens (tertiary/aromatic N) is 10. The van der Waals surface area contributed by atoms with Crippen molar-refractivity contribution < 1.29 is 89.3 Å².